The fraction of sp³-hybridized carbons (Fsp3) is 0.477. The van der Waals surface area contributed by atoms with Gasteiger partial charge in [-0.3, -0.25) is 19.4 Å². The number of amides is 1. The van der Waals surface area contributed by atoms with Gasteiger partial charge in [0.05, 0.1) is 11.7 Å². The summed E-state index contributed by atoms with van der Waals surface area (Å²) in [6.07, 6.45) is 11.5. The second kappa shape index (κ2) is 12.6. The number of aryl methyl sites for hydroxylation is 1. The minimum absolute atomic E-state index is 0.00154. The van der Waals surface area contributed by atoms with Crippen LogP contribution in [0.1, 0.15) is 80.8 Å². The topological polar surface area (TPSA) is 123 Å². The lowest BCUT2D eigenvalue weighted by molar-refractivity contribution is -0.142. The molecule has 270 valence electrons. The summed E-state index contributed by atoms with van der Waals surface area (Å²) in [5.41, 5.74) is 3.39. The minimum atomic E-state index is -0.603. The number of ether oxygens (including phenoxy) is 1. The van der Waals surface area contributed by atoms with Crippen LogP contribution in [-0.4, -0.2) is 46.2 Å². The maximum atomic E-state index is 14.0. The number of nitrogens with one attached hydrogen (secondary N) is 1. The highest BCUT2D eigenvalue weighted by Crippen LogP contribution is 2.67. The first-order chi connectivity index (χ1) is 24.8. The van der Waals surface area contributed by atoms with Crippen LogP contribution >= 0.6 is 0 Å². The van der Waals surface area contributed by atoms with Gasteiger partial charge in [-0.05, 0) is 121 Å². The van der Waals surface area contributed by atoms with Gasteiger partial charge in [0, 0.05) is 46.6 Å². The van der Waals surface area contributed by atoms with Crippen molar-refractivity contribution in [3.63, 3.8) is 0 Å². The van der Waals surface area contributed by atoms with Crippen molar-refractivity contribution in [3.05, 3.63) is 95.3 Å². The zero-order valence-electron chi connectivity index (χ0n) is 30.6. The third-order valence-electron chi connectivity index (χ3n) is 13.9. The quantitative estimate of drug-likeness (QED) is 0.246. The highest BCUT2D eigenvalue weighted by atomic mass is 16.5. The van der Waals surface area contributed by atoms with E-state index in [4.69, 9.17) is 4.74 Å². The van der Waals surface area contributed by atoms with Gasteiger partial charge in [0.25, 0.3) is 0 Å². The van der Waals surface area contributed by atoms with Gasteiger partial charge in [-0.2, -0.15) is 0 Å². The number of hydrogen-bond donors (Lipinski definition) is 2. The van der Waals surface area contributed by atoms with Crippen LogP contribution in [0, 0.1) is 59.2 Å². The number of carbonyl (C=O) groups is 4. The third kappa shape index (κ3) is 5.56. The van der Waals surface area contributed by atoms with Crippen LogP contribution in [0.5, 0.6) is 0 Å². The smallest absolute Gasteiger partial charge is 0.338 e. The number of nitrogens with zero attached hydrogens (tertiary/aromatic N) is 1. The van der Waals surface area contributed by atoms with Gasteiger partial charge in [-0.25, -0.2) is 4.79 Å². The monoisotopic (exact) mass is 700 g/mol. The number of aliphatic hydroxyl groups is 1. The molecule has 5 aliphatic carbocycles. The van der Waals surface area contributed by atoms with Crippen LogP contribution in [-0.2, 0) is 19.1 Å². The van der Waals surface area contributed by atoms with E-state index < -0.39 is 17.5 Å². The largest absolute Gasteiger partial charge is 0.454 e. The first-order valence-electron chi connectivity index (χ1n) is 18.9. The van der Waals surface area contributed by atoms with Crippen LogP contribution in [0.15, 0.2) is 78.7 Å². The molecular weight excluding hydrogens is 652 g/mol. The van der Waals surface area contributed by atoms with Crippen molar-refractivity contribution >= 4 is 39.9 Å². The maximum Gasteiger partial charge on any atom is 0.338 e. The van der Waals surface area contributed by atoms with E-state index in [9.17, 15) is 24.3 Å². The first-order valence-corrected chi connectivity index (χ1v) is 18.9. The Morgan fingerprint density at radius 2 is 1.88 bits per heavy atom. The van der Waals surface area contributed by atoms with E-state index in [1.807, 2.05) is 56.6 Å². The number of ketones is 2. The minimum Gasteiger partial charge on any atom is -0.454 e. The Kier molecular flexibility index (Phi) is 8.40. The van der Waals surface area contributed by atoms with E-state index in [0.29, 0.717) is 12.0 Å². The fourth-order valence-electron chi connectivity index (χ4n) is 11.5. The van der Waals surface area contributed by atoms with Gasteiger partial charge in [0.1, 0.15) is 0 Å². The van der Waals surface area contributed by atoms with Crippen LogP contribution in [0.25, 0.3) is 10.8 Å². The molecule has 4 fully saturated rings. The van der Waals surface area contributed by atoms with Crippen molar-refractivity contribution in [1.29, 1.82) is 0 Å². The normalized spacial score (nSPS) is 35.9. The van der Waals surface area contributed by atoms with Crippen LogP contribution in [0.4, 0.5) is 5.69 Å². The van der Waals surface area contributed by atoms with Crippen molar-refractivity contribution in [2.24, 2.45) is 52.3 Å². The summed E-state index contributed by atoms with van der Waals surface area (Å²) in [6.45, 7) is 10.2. The lowest BCUT2D eigenvalue weighted by atomic mass is 9.46. The number of fused-ring (bicyclic) bond motifs is 6. The van der Waals surface area contributed by atoms with E-state index in [2.05, 4.69) is 31.1 Å². The average molecular weight is 701 g/mol. The van der Waals surface area contributed by atoms with E-state index >= 15 is 0 Å². The Balaban J connectivity index is 0.916. The molecule has 0 spiro atoms. The predicted octanol–water partition coefficient (Wildman–Crippen LogP) is 7.40. The van der Waals surface area contributed by atoms with E-state index in [-0.39, 0.29) is 76.8 Å². The number of benzene rings is 2. The van der Waals surface area contributed by atoms with Gasteiger partial charge in [-0.1, -0.05) is 57.5 Å². The molecule has 8 rings (SSSR count). The highest BCUT2D eigenvalue weighted by molar-refractivity contribution is 6.01. The molecule has 4 saturated carbocycles. The summed E-state index contributed by atoms with van der Waals surface area (Å²) in [5, 5.41) is 16.9. The van der Waals surface area contributed by atoms with Crippen LogP contribution in [0.3, 0.4) is 0 Å². The molecule has 8 nitrogen and oxygen atoms in total. The lowest BCUT2D eigenvalue weighted by Gasteiger charge is -2.58. The molecular formula is C44H48N2O6. The summed E-state index contributed by atoms with van der Waals surface area (Å²) in [7, 11) is 0. The number of Topliss-reactive ketones (excluding diaryl/α,β-unsaturated/α-hetero) is 1. The molecule has 0 bridgehead atoms. The standard InChI is InChI=1S/C44H48N2O6/c1-23-15-34-32-12-10-29-17-31(47)13-14-43(29,4)40(32)35(48)19-44(34,5)39(23)36(49)22-52-42(51)27-8-6-7-26(16-27)37-25(3)38(37)41(50)46-30-11-9-28-21-45-20-24(2)33(28)18-30/h6-9,11,13-14,16-18,20-21,23,25,32,34-35,37-40,48H,10,12,15,19,22H2,1-5H3,(H,46,50)/t23-,25-,32+,34?,35+,37?,38?,39-,40?,43+,44+/m1/s1. The summed E-state index contributed by atoms with van der Waals surface area (Å²) < 4.78 is 5.70. The SMILES string of the molecule is Cc1cncc2ccc(NC(=O)C3C(c4cccc(C(=O)OCC(=O)[C@H]5[C@H](C)CC6[C@@H]7CCC8=CC(=O)C=C[C@]8(C)C7[C@@H](O)C[C@@]65C)c4)[C@H]3C)cc12. The third-order valence-corrected chi connectivity index (χ3v) is 13.9. The van der Waals surface area contributed by atoms with Gasteiger partial charge < -0.3 is 15.2 Å². The number of esters is 1. The number of pyridine rings is 1. The summed E-state index contributed by atoms with van der Waals surface area (Å²) in [5.74, 6) is -0.562. The lowest BCUT2D eigenvalue weighted by Crippen LogP contribution is -2.56. The molecule has 2 aromatic carbocycles. The van der Waals surface area contributed by atoms with Crippen molar-refractivity contribution in [2.75, 3.05) is 11.9 Å². The Hall–Kier alpha value is -4.43. The fourth-order valence-corrected chi connectivity index (χ4v) is 11.5. The Bertz CT molecular complexity index is 2070. The van der Waals surface area contributed by atoms with E-state index in [0.717, 1.165) is 52.4 Å². The molecule has 5 aliphatic rings. The number of aliphatic hydroxyl groups excluding tert-OH is 1. The molecule has 0 radical (unpaired) electrons. The molecule has 1 aromatic heterocycles. The molecule has 11 atom stereocenters. The van der Waals surface area contributed by atoms with E-state index in [1.165, 1.54) is 0 Å². The molecule has 8 heteroatoms. The second-order valence-corrected chi connectivity index (χ2v) is 17.0. The molecule has 0 saturated heterocycles. The molecule has 52 heavy (non-hydrogen) atoms. The molecule has 4 unspecified atom stereocenters. The molecule has 3 aromatic rings. The molecule has 2 N–H and O–H groups in total. The predicted molar refractivity (Wildman–Crippen MR) is 198 cm³/mol. The van der Waals surface area contributed by atoms with Crippen LogP contribution < -0.4 is 5.32 Å². The van der Waals surface area contributed by atoms with Gasteiger partial charge in [0.2, 0.25) is 5.91 Å². The van der Waals surface area contributed by atoms with Gasteiger partial charge >= 0.3 is 5.97 Å². The number of allylic oxidation sites excluding steroid dienone is 4. The number of anilines is 1. The Labute approximate surface area is 305 Å². The van der Waals surface area contributed by atoms with Gasteiger partial charge in [0.15, 0.2) is 18.2 Å². The zero-order chi connectivity index (χ0) is 36.7. The van der Waals surface area contributed by atoms with Crippen LogP contribution in [0.2, 0.25) is 0 Å². The summed E-state index contributed by atoms with van der Waals surface area (Å²) >= 11 is 0. The average Bonchev–Trinajstić information content (AvgIpc) is 3.71. The van der Waals surface area contributed by atoms with E-state index in [1.54, 1.807) is 30.4 Å². The number of aromatic nitrogens is 1. The molecule has 0 aliphatic heterocycles. The number of rotatable bonds is 7. The van der Waals surface area contributed by atoms with Crippen molar-refractivity contribution in [2.45, 2.75) is 72.3 Å². The summed E-state index contributed by atoms with van der Waals surface area (Å²) in [6, 6.07) is 13.1. The van der Waals surface area contributed by atoms with Crippen molar-refractivity contribution in [1.82, 2.24) is 4.98 Å². The molecule has 1 heterocycles. The second-order valence-electron chi connectivity index (χ2n) is 17.0. The number of carbonyl (C=O) groups excluding carboxylic acids is 4. The zero-order valence-corrected chi connectivity index (χ0v) is 30.6. The highest BCUT2D eigenvalue weighted by Gasteiger charge is 2.64. The Morgan fingerprint density at radius 1 is 1.08 bits per heavy atom. The van der Waals surface area contributed by atoms with Crippen molar-refractivity contribution in [3.8, 4) is 0 Å². The summed E-state index contributed by atoms with van der Waals surface area (Å²) in [4.78, 5) is 57.1. The maximum absolute atomic E-state index is 14.0. The first kappa shape index (κ1) is 34.6. The van der Waals surface area contributed by atoms with Crippen molar-refractivity contribution < 1.29 is 29.0 Å². The Morgan fingerprint density at radius 3 is 2.69 bits per heavy atom. The molecule has 1 amide bonds. The number of hydrogen-bond acceptors (Lipinski definition) is 7. The van der Waals surface area contributed by atoms with Gasteiger partial charge in [-0.15, -0.1) is 0 Å².